The second kappa shape index (κ2) is 9.88. The van der Waals surface area contributed by atoms with E-state index in [0.29, 0.717) is 23.4 Å². The maximum atomic E-state index is 12.6. The lowest BCUT2D eigenvalue weighted by atomic mass is 10.0. The molecule has 162 valence electrons. The van der Waals surface area contributed by atoms with Crippen LogP contribution in [0.1, 0.15) is 63.9 Å². The molecule has 0 spiro atoms. The first kappa shape index (κ1) is 21.2. The molecule has 1 heterocycles. The van der Waals surface area contributed by atoms with Gasteiger partial charge in [0.1, 0.15) is 0 Å². The molecule has 2 aliphatic rings. The van der Waals surface area contributed by atoms with Gasteiger partial charge in [0.05, 0.1) is 17.4 Å². The molecular weight excluding hydrogens is 392 g/mol. The van der Waals surface area contributed by atoms with E-state index in [2.05, 4.69) is 10.6 Å². The second-order valence-corrected chi connectivity index (χ2v) is 8.20. The Balaban J connectivity index is 1.31. The van der Waals surface area contributed by atoms with Crippen LogP contribution in [0, 0.1) is 0 Å². The second-order valence-electron chi connectivity index (χ2n) is 8.20. The smallest absolute Gasteiger partial charge is 0.253 e. The lowest BCUT2D eigenvalue weighted by Crippen LogP contribution is -2.32. The van der Waals surface area contributed by atoms with Crippen LogP contribution in [0.15, 0.2) is 42.5 Å². The van der Waals surface area contributed by atoms with Crippen LogP contribution in [0.4, 0.5) is 5.69 Å². The van der Waals surface area contributed by atoms with Gasteiger partial charge in [0, 0.05) is 31.6 Å². The minimum absolute atomic E-state index is 0.0348. The van der Waals surface area contributed by atoms with Gasteiger partial charge in [-0.15, -0.1) is 0 Å². The van der Waals surface area contributed by atoms with Crippen molar-refractivity contribution in [2.45, 2.75) is 51.0 Å². The van der Waals surface area contributed by atoms with Crippen LogP contribution in [0.3, 0.4) is 0 Å². The molecule has 0 saturated carbocycles. The number of carbonyl (C=O) groups excluding carboxylic acids is 3. The van der Waals surface area contributed by atoms with Gasteiger partial charge in [-0.3, -0.25) is 14.4 Å². The molecule has 1 aliphatic heterocycles. The van der Waals surface area contributed by atoms with Gasteiger partial charge in [0.2, 0.25) is 5.91 Å². The van der Waals surface area contributed by atoms with Crippen molar-refractivity contribution in [1.29, 1.82) is 0 Å². The third-order valence-corrected chi connectivity index (χ3v) is 5.96. The van der Waals surface area contributed by atoms with Crippen LogP contribution in [0.2, 0.25) is 0 Å². The Labute approximate surface area is 182 Å². The van der Waals surface area contributed by atoms with E-state index in [0.717, 1.165) is 38.7 Å². The summed E-state index contributed by atoms with van der Waals surface area (Å²) in [7, 11) is 0. The highest BCUT2D eigenvalue weighted by atomic mass is 16.5. The monoisotopic (exact) mass is 420 g/mol. The number of nitrogens with one attached hydrogen (secondary N) is 2. The Hall–Kier alpha value is -2.99. The zero-order valence-corrected chi connectivity index (χ0v) is 17.6. The predicted molar refractivity (Wildman–Crippen MR) is 118 cm³/mol. The molecular formula is C25H28N2O4. The quantitative estimate of drug-likeness (QED) is 0.638. The highest BCUT2D eigenvalue weighted by Gasteiger charge is 2.19. The molecule has 1 saturated heterocycles. The third-order valence-electron chi connectivity index (χ3n) is 5.96. The van der Waals surface area contributed by atoms with Crippen LogP contribution < -0.4 is 10.6 Å². The lowest BCUT2D eigenvalue weighted by molar-refractivity contribution is -0.116. The van der Waals surface area contributed by atoms with Gasteiger partial charge in [0.15, 0.2) is 5.78 Å². The number of rotatable bonds is 8. The fraction of sp³-hybridized carbons (Fsp3) is 0.400. The maximum Gasteiger partial charge on any atom is 0.253 e. The molecule has 1 fully saturated rings. The number of amides is 2. The Morgan fingerprint density at radius 3 is 2.65 bits per heavy atom. The van der Waals surface area contributed by atoms with E-state index < -0.39 is 0 Å². The average molecular weight is 421 g/mol. The predicted octanol–water partition coefficient (Wildman–Crippen LogP) is 3.69. The first-order valence-electron chi connectivity index (χ1n) is 11.0. The number of anilines is 1. The van der Waals surface area contributed by atoms with Crippen molar-refractivity contribution < 1.29 is 19.1 Å². The number of fused-ring (bicyclic) bond motifs is 1. The molecule has 1 aliphatic carbocycles. The van der Waals surface area contributed by atoms with E-state index in [9.17, 15) is 14.4 Å². The molecule has 4 rings (SSSR count). The summed E-state index contributed by atoms with van der Waals surface area (Å²) in [5.41, 5.74) is 4.09. The van der Waals surface area contributed by atoms with Gasteiger partial charge < -0.3 is 15.4 Å². The highest BCUT2D eigenvalue weighted by Crippen LogP contribution is 2.23. The first-order valence-corrected chi connectivity index (χ1v) is 11.0. The topological polar surface area (TPSA) is 84.5 Å². The van der Waals surface area contributed by atoms with E-state index in [1.807, 2.05) is 18.2 Å². The lowest BCUT2D eigenvalue weighted by Gasteiger charge is -2.14. The SMILES string of the molecule is O=C(CCC(=O)c1ccc2c(c1)CCC2)Nc1ccccc1C(=O)NCC1CCCO1. The van der Waals surface area contributed by atoms with Crippen LogP contribution in [-0.4, -0.2) is 36.9 Å². The summed E-state index contributed by atoms with van der Waals surface area (Å²) >= 11 is 0. The summed E-state index contributed by atoms with van der Waals surface area (Å²) < 4.78 is 5.53. The van der Waals surface area contributed by atoms with Gasteiger partial charge in [-0.1, -0.05) is 24.3 Å². The van der Waals surface area contributed by atoms with Crippen molar-refractivity contribution >= 4 is 23.3 Å². The van der Waals surface area contributed by atoms with E-state index in [4.69, 9.17) is 4.74 Å². The van der Waals surface area contributed by atoms with Gasteiger partial charge in [0.25, 0.3) is 5.91 Å². The molecule has 2 aromatic rings. The molecule has 2 amide bonds. The van der Waals surface area contributed by atoms with Crippen LogP contribution in [-0.2, 0) is 22.4 Å². The van der Waals surface area contributed by atoms with Crippen molar-refractivity contribution in [1.82, 2.24) is 5.32 Å². The molecule has 6 heteroatoms. The summed E-state index contributed by atoms with van der Waals surface area (Å²) in [6.07, 6.45) is 5.44. The Bertz CT molecular complexity index is 979. The number of Topliss-reactive ketones (excluding diaryl/α,β-unsaturated/α-hetero) is 1. The number of hydrogen-bond donors (Lipinski definition) is 2. The molecule has 1 unspecified atom stereocenters. The molecule has 31 heavy (non-hydrogen) atoms. The molecule has 0 bridgehead atoms. The Morgan fingerprint density at radius 1 is 0.968 bits per heavy atom. The number of benzene rings is 2. The number of para-hydroxylation sites is 1. The normalized spacial score (nSPS) is 17.2. The number of carbonyl (C=O) groups is 3. The Morgan fingerprint density at radius 2 is 1.81 bits per heavy atom. The Kier molecular flexibility index (Phi) is 6.77. The van der Waals surface area contributed by atoms with Gasteiger partial charge in [-0.2, -0.15) is 0 Å². The molecule has 1 atom stereocenters. The summed E-state index contributed by atoms with van der Waals surface area (Å²) in [5, 5.41) is 5.66. The molecule has 2 N–H and O–H groups in total. The summed E-state index contributed by atoms with van der Waals surface area (Å²) in [5.74, 6) is -0.568. The summed E-state index contributed by atoms with van der Waals surface area (Å²) in [6, 6.07) is 12.8. The molecule has 6 nitrogen and oxygen atoms in total. The third kappa shape index (κ3) is 5.39. The minimum atomic E-state index is -0.283. The van der Waals surface area contributed by atoms with Crippen LogP contribution in [0.5, 0.6) is 0 Å². The fourth-order valence-corrected chi connectivity index (χ4v) is 4.23. The number of ether oxygens (including phenoxy) is 1. The first-order chi connectivity index (χ1) is 15.1. The minimum Gasteiger partial charge on any atom is -0.376 e. The number of ketones is 1. The zero-order chi connectivity index (χ0) is 21.6. The van der Waals surface area contributed by atoms with Crippen LogP contribution >= 0.6 is 0 Å². The molecule has 0 radical (unpaired) electrons. The summed E-state index contributed by atoms with van der Waals surface area (Å²) in [6.45, 7) is 1.19. The van der Waals surface area contributed by atoms with Gasteiger partial charge >= 0.3 is 0 Å². The van der Waals surface area contributed by atoms with Gasteiger partial charge in [-0.25, -0.2) is 0 Å². The van der Waals surface area contributed by atoms with Crippen molar-refractivity contribution in [3.8, 4) is 0 Å². The zero-order valence-electron chi connectivity index (χ0n) is 17.6. The van der Waals surface area contributed by atoms with Crippen LogP contribution in [0.25, 0.3) is 0 Å². The standard InChI is InChI=1S/C25H28N2O4/c28-23(19-11-10-17-5-3-6-18(17)15-19)12-13-24(29)27-22-9-2-1-8-21(22)25(30)26-16-20-7-4-14-31-20/h1-2,8-11,15,20H,3-7,12-14,16H2,(H,26,30)(H,27,29). The summed E-state index contributed by atoms with van der Waals surface area (Å²) in [4.78, 5) is 37.6. The van der Waals surface area contributed by atoms with Crippen molar-refractivity contribution in [3.63, 3.8) is 0 Å². The molecule has 2 aromatic carbocycles. The van der Waals surface area contributed by atoms with Crippen molar-refractivity contribution in [3.05, 3.63) is 64.7 Å². The largest absolute Gasteiger partial charge is 0.376 e. The van der Waals surface area contributed by atoms with E-state index in [-0.39, 0.29) is 36.5 Å². The number of hydrogen-bond acceptors (Lipinski definition) is 4. The van der Waals surface area contributed by atoms with Crippen molar-refractivity contribution in [2.24, 2.45) is 0 Å². The van der Waals surface area contributed by atoms with Crippen molar-refractivity contribution in [2.75, 3.05) is 18.5 Å². The number of aryl methyl sites for hydroxylation is 2. The van der Waals surface area contributed by atoms with E-state index in [1.165, 1.54) is 11.1 Å². The molecule has 0 aromatic heterocycles. The van der Waals surface area contributed by atoms with E-state index in [1.54, 1.807) is 24.3 Å². The van der Waals surface area contributed by atoms with Gasteiger partial charge in [-0.05, 0) is 61.4 Å². The fourth-order valence-electron chi connectivity index (χ4n) is 4.23. The average Bonchev–Trinajstić information content (AvgIpc) is 3.47. The highest BCUT2D eigenvalue weighted by molar-refractivity contribution is 6.05. The van der Waals surface area contributed by atoms with E-state index >= 15 is 0 Å². The maximum absolute atomic E-state index is 12.6.